The van der Waals surface area contributed by atoms with Gasteiger partial charge in [-0.1, -0.05) is 18.5 Å². The zero-order chi connectivity index (χ0) is 20.6. The van der Waals surface area contributed by atoms with Gasteiger partial charge in [0, 0.05) is 17.0 Å². The standard InChI is InChI=1S/C21H21ClF2O4/c1-4-15(20(25)26)11-7-16(23)19(17(24)8-11)27-10-13-6-14(22)5-12-9-21(2,3)28-18(12)13/h5-8,15H,4,9-10H2,1-3H3,(H,25,26). The van der Waals surface area contributed by atoms with E-state index < -0.39 is 34.9 Å². The summed E-state index contributed by atoms with van der Waals surface area (Å²) < 4.78 is 40.2. The lowest BCUT2D eigenvalue weighted by atomic mass is 9.96. The monoisotopic (exact) mass is 410 g/mol. The van der Waals surface area contributed by atoms with Gasteiger partial charge in [0.1, 0.15) is 18.0 Å². The van der Waals surface area contributed by atoms with E-state index in [0.29, 0.717) is 22.8 Å². The summed E-state index contributed by atoms with van der Waals surface area (Å²) in [7, 11) is 0. The molecule has 0 bridgehead atoms. The van der Waals surface area contributed by atoms with E-state index in [0.717, 1.165) is 17.7 Å². The minimum absolute atomic E-state index is 0.0612. The molecular formula is C21H21ClF2O4. The third-order valence-electron chi connectivity index (χ3n) is 4.70. The topological polar surface area (TPSA) is 55.8 Å². The van der Waals surface area contributed by atoms with E-state index in [2.05, 4.69) is 0 Å². The molecule has 3 rings (SSSR count). The minimum Gasteiger partial charge on any atom is -0.487 e. The van der Waals surface area contributed by atoms with Crippen molar-refractivity contribution in [3.05, 3.63) is 57.6 Å². The van der Waals surface area contributed by atoms with E-state index in [1.807, 2.05) is 19.9 Å². The predicted octanol–water partition coefficient (Wildman–Crippen LogP) is 5.49. The van der Waals surface area contributed by atoms with Crippen LogP contribution < -0.4 is 9.47 Å². The molecule has 7 heteroatoms. The van der Waals surface area contributed by atoms with Gasteiger partial charge < -0.3 is 14.6 Å². The third kappa shape index (κ3) is 4.07. The molecule has 2 aromatic carbocycles. The number of fused-ring (bicyclic) bond motifs is 1. The fraction of sp³-hybridized carbons (Fsp3) is 0.381. The Bertz CT molecular complexity index is 904. The molecule has 28 heavy (non-hydrogen) atoms. The lowest BCUT2D eigenvalue weighted by molar-refractivity contribution is -0.138. The largest absolute Gasteiger partial charge is 0.487 e. The Kier molecular flexibility index (Phi) is 5.53. The van der Waals surface area contributed by atoms with E-state index in [-0.39, 0.29) is 18.6 Å². The summed E-state index contributed by atoms with van der Waals surface area (Å²) in [5, 5.41) is 9.67. The number of carbonyl (C=O) groups is 1. The van der Waals surface area contributed by atoms with Crippen molar-refractivity contribution >= 4 is 17.6 Å². The highest BCUT2D eigenvalue weighted by Crippen LogP contribution is 2.40. The molecule has 0 aromatic heterocycles. The highest BCUT2D eigenvalue weighted by molar-refractivity contribution is 6.30. The second-order valence-corrected chi connectivity index (χ2v) is 7.93. The normalized spacial score (nSPS) is 15.6. The Balaban J connectivity index is 1.86. The van der Waals surface area contributed by atoms with E-state index in [1.54, 1.807) is 13.0 Å². The first-order valence-corrected chi connectivity index (χ1v) is 9.34. The first-order chi connectivity index (χ1) is 13.1. The number of carboxylic acid groups (broad SMARTS) is 1. The first kappa shape index (κ1) is 20.4. The molecule has 2 aromatic rings. The molecule has 0 amide bonds. The number of hydrogen-bond donors (Lipinski definition) is 1. The third-order valence-corrected chi connectivity index (χ3v) is 4.92. The van der Waals surface area contributed by atoms with Crippen molar-refractivity contribution in [3.8, 4) is 11.5 Å². The molecule has 0 aliphatic carbocycles. The molecule has 0 spiro atoms. The van der Waals surface area contributed by atoms with E-state index in [1.165, 1.54) is 0 Å². The van der Waals surface area contributed by atoms with Crippen LogP contribution in [-0.4, -0.2) is 16.7 Å². The van der Waals surface area contributed by atoms with Crippen molar-refractivity contribution < 1.29 is 28.2 Å². The van der Waals surface area contributed by atoms with Crippen LogP contribution in [0.5, 0.6) is 11.5 Å². The maximum atomic E-state index is 14.4. The van der Waals surface area contributed by atoms with Gasteiger partial charge in [0.05, 0.1) is 5.92 Å². The SMILES string of the molecule is CCC(C(=O)O)c1cc(F)c(OCc2cc(Cl)cc3c2OC(C)(C)C3)c(F)c1. The van der Waals surface area contributed by atoms with Crippen molar-refractivity contribution in [2.24, 2.45) is 0 Å². The molecule has 0 fully saturated rings. The Hall–Kier alpha value is -2.34. The highest BCUT2D eigenvalue weighted by atomic mass is 35.5. The quantitative estimate of drug-likeness (QED) is 0.684. The van der Waals surface area contributed by atoms with Crippen LogP contribution >= 0.6 is 11.6 Å². The van der Waals surface area contributed by atoms with Crippen LogP contribution in [0.1, 0.15) is 49.8 Å². The maximum Gasteiger partial charge on any atom is 0.310 e. The van der Waals surface area contributed by atoms with Crippen molar-refractivity contribution in [1.29, 1.82) is 0 Å². The van der Waals surface area contributed by atoms with Gasteiger partial charge in [0.15, 0.2) is 17.4 Å². The van der Waals surface area contributed by atoms with Crippen molar-refractivity contribution in [3.63, 3.8) is 0 Å². The smallest absolute Gasteiger partial charge is 0.310 e. The van der Waals surface area contributed by atoms with E-state index in [9.17, 15) is 18.7 Å². The van der Waals surface area contributed by atoms with Crippen molar-refractivity contribution in [2.45, 2.75) is 51.7 Å². The fourth-order valence-electron chi connectivity index (χ4n) is 3.47. The number of hydrogen-bond acceptors (Lipinski definition) is 3. The first-order valence-electron chi connectivity index (χ1n) is 8.96. The molecule has 150 valence electrons. The van der Waals surface area contributed by atoms with Crippen LogP contribution in [0.25, 0.3) is 0 Å². The Morgan fingerprint density at radius 2 is 1.93 bits per heavy atom. The molecule has 1 N–H and O–H groups in total. The number of halogens is 3. The predicted molar refractivity (Wildman–Crippen MR) is 101 cm³/mol. The lowest BCUT2D eigenvalue weighted by Crippen LogP contribution is -2.25. The molecule has 1 heterocycles. The van der Waals surface area contributed by atoms with Gasteiger partial charge in [-0.15, -0.1) is 0 Å². The van der Waals surface area contributed by atoms with Crippen LogP contribution in [0.15, 0.2) is 24.3 Å². The van der Waals surface area contributed by atoms with Gasteiger partial charge in [-0.05, 0) is 55.7 Å². The number of rotatable bonds is 6. The Morgan fingerprint density at radius 3 is 2.50 bits per heavy atom. The van der Waals surface area contributed by atoms with Gasteiger partial charge in [-0.3, -0.25) is 4.79 Å². The molecule has 1 unspecified atom stereocenters. The average Bonchev–Trinajstić information content (AvgIpc) is 2.88. The number of aliphatic carboxylic acids is 1. The molecule has 4 nitrogen and oxygen atoms in total. The fourth-order valence-corrected chi connectivity index (χ4v) is 3.74. The zero-order valence-corrected chi connectivity index (χ0v) is 16.6. The van der Waals surface area contributed by atoms with Crippen molar-refractivity contribution in [1.82, 2.24) is 0 Å². The molecule has 0 saturated heterocycles. The van der Waals surface area contributed by atoms with Gasteiger partial charge in [-0.25, -0.2) is 8.78 Å². The van der Waals surface area contributed by atoms with Gasteiger partial charge >= 0.3 is 5.97 Å². The molecule has 1 aliphatic rings. The summed E-state index contributed by atoms with van der Waals surface area (Å²) in [5.41, 5.74) is 1.17. The van der Waals surface area contributed by atoms with Crippen LogP contribution in [0, 0.1) is 11.6 Å². The lowest BCUT2D eigenvalue weighted by Gasteiger charge is -2.18. The van der Waals surface area contributed by atoms with E-state index in [4.69, 9.17) is 21.1 Å². The summed E-state index contributed by atoms with van der Waals surface area (Å²) in [6.45, 7) is 5.38. The minimum atomic E-state index is -1.13. The summed E-state index contributed by atoms with van der Waals surface area (Å²) in [6, 6.07) is 5.46. The summed E-state index contributed by atoms with van der Waals surface area (Å²) in [5.74, 6) is -3.96. The number of carboxylic acids is 1. The second kappa shape index (κ2) is 7.59. The van der Waals surface area contributed by atoms with Crippen molar-refractivity contribution in [2.75, 3.05) is 0 Å². The highest BCUT2D eigenvalue weighted by Gasteiger charge is 2.32. The molecule has 0 radical (unpaired) electrons. The summed E-state index contributed by atoms with van der Waals surface area (Å²) in [6.07, 6.45) is 0.886. The molecule has 1 atom stereocenters. The van der Waals surface area contributed by atoms with Crippen LogP contribution in [0.4, 0.5) is 8.78 Å². The number of benzene rings is 2. The van der Waals surface area contributed by atoms with Crippen LogP contribution in [0.3, 0.4) is 0 Å². The van der Waals surface area contributed by atoms with Gasteiger partial charge in [0.2, 0.25) is 0 Å². The Labute approximate surface area is 167 Å². The molecular weight excluding hydrogens is 390 g/mol. The van der Waals surface area contributed by atoms with Gasteiger partial charge in [-0.2, -0.15) is 0 Å². The zero-order valence-electron chi connectivity index (χ0n) is 15.8. The molecule has 0 saturated carbocycles. The number of ether oxygens (including phenoxy) is 2. The summed E-state index contributed by atoms with van der Waals surface area (Å²) >= 11 is 6.15. The molecule has 1 aliphatic heterocycles. The van der Waals surface area contributed by atoms with Crippen LogP contribution in [-0.2, 0) is 17.8 Å². The summed E-state index contributed by atoms with van der Waals surface area (Å²) in [4.78, 5) is 11.2. The van der Waals surface area contributed by atoms with Crippen LogP contribution in [0.2, 0.25) is 5.02 Å². The van der Waals surface area contributed by atoms with E-state index >= 15 is 0 Å². The average molecular weight is 411 g/mol. The second-order valence-electron chi connectivity index (χ2n) is 7.49. The Morgan fingerprint density at radius 1 is 1.29 bits per heavy atom. The maximum absolute atomic E-state index is 14.4. The van der Waals surface area contributed by atoms with Gasteiger partial charge in [0.25, 0.3) is 0 Å².